The van der Waals surface area contributed by atoms with Gasteiger partial charge in [0.1, 0.15) is 0 Å². The highest BCUT2D eigenvalue weighted by atomic mass is 32.2. The summed E-state index contributed by atoms with van der Waals surface area (Å²) in [6, 6.07) is 1.59. The van der Waals surface area contributed by atoms with Gasteiger partial charge in [-0.05, 0) is 39.2 Å². The molecule has 0 aliphatic carbocycles. The van der Waals surface area contributed by atoms with Gasteiger partial charge in [0.15, 0.2) is 17.5 Å². The van der Waals surface area contributed by atoms with Gasteiger partial charge in [-0.1, -0.05) is 0 Å². The monoisotopic (exact) mass is 381 g/mol. The first-order chi connectivity index (χ1) is 11.5. The van der Waals surface area contributed by atoms with Gasteiger partial charge in [-0.2, -0.15) is 0 Å². The highest BCUT2D eigenvalue weighted by molar-refractivity contribution is 7.88. The van der Waals surface area contributed by atoms with Gasteiger partial charge in [0.2, 0.25) is 15.9 Å². The Kier molecular flexibility index (Phi) is 7.84. The van der Waals surface area contributed by atoms with Crippen molar-refractivity contribution in [2.45, 2.75) is 12.8 Å². The Bertz CT molecular complexity index is 711. The van der Waals surface area contributed by atoms with Crippen LogP contribution in [0.4, 0.5) is 18.9 Å². The van der Waals surface area contributed by atoms with Crippen LogP contribution in [0.15, 0.2) is 12.1 Å². The smallest absolute Gasteiger partial charge is 0.225 e. The van der Waals surface area contributed by atoms with Crippen LogP contribution in [0, 0.1) is 17.5 Å². The molecule has 0 atom stereocenters. The third-order valence-corrected chi connectivity index (χ3v) is 4.68. The number of nitrogens with one attached hydrogen (secondary N) is 1. The lowest BCUT2D eigenvalue weighted by Crippen LogP contribution is -2.35. The van der Waals surface area contributed by atoms with E-state index in [2.05, 4.69) is 5.32 Å². The molecule has 0 fully saturated rings. The van der Waals surface area contributed by atoms with Crippen LogP contribution in [0.5, 0.6) is 0 Å². The summed E-state index contributed by atoms with van der Waals surface area (Å²) in [5, 5.41) is 2.11. The van der Waals surface area contributed by atoms with E-state index in [0.717, 1.165) is 16.6 Å². The van der Waals surface area contributed by atoms with Gasteiger partial charge in [0, 0.05) is 19.5 Å². The molecule has 0 heterocycles. The predicted octanol–water partition coefficient (Wildman–Crippen LogP) is 1.65. The predicted molar refractivity (Wildman–Crippen MR) is 89.2 cm³/mol. The second-order valence-electron chi connectivity index (χ2n) is 5.84. The molecule has 25 heavy (non-hydrogen) atoms. The highest BCUT2D eigenvalue weighted by Crippen LogP contribution is 2.19. The summed E-state index contributed by atoms with van der Waals surface area (Å²) in [6.45, 7) is 0.825. The molecular weight excluding hydrogens is 359 g/mol. The summed E-state index contributed by atoms with van der Waals surface area (Å²) in [7, 11) is 0.211. The van der Waals surface area contributed by atoms with Crippen molar-refractivity contribution in [3.8, 4) is 0 Å². The van der Waals surface area contributed by atoms with Crippen LogP contribution >= 0.6 is 0 Å². The van der Waals surface area contributed by atoms with Gasteiger partial charge in [0.05, 0.1) is 11.9 Å². The number of nitrogens with zero attached hydrogens (tertiary/aromatic N) is 2. The molecular formula is C15H22F3N3O3S. The van der Waals surface area contributed by atoms with Crippen molar-refractivity contribution in [3.63, 3.8) is 0 Å². The van der Waals surface area contributed by atoms with E-state index in [9.17, 15) is 26.4 Å². The van der Waals surface area contributed by atoms with Gasteiger partial charge >= 0.3 is 0 Å². The number of hydrogen-bond acceptors (Lipinski definition) is 4. The van der Waals surface area contributed by atoms with E-state index in [4.69, 9.17) is 0 Å². The second-order valence-corrected chi connectivity index (χ2v) is 7.82. The van der Waals surface area contributed by atoms with Gasteiger partial charge < -0.3 is 10.2 Å². The lowest BCUT2D eigenvalue weighted by atomic mass is 10.2. The zero-order chi connectivity index (χ0) is 19.2. The third-order valence-electron chi connectivity index (χ3n) is 3.38. The molecule has 0 aromatic heterocycles. The van der Waals surface area contributed by atoms with Crippen molar-refractivity contribution >= 4 is 21.6 Å². The number of anilines is 1. The van der Waals surface area contributed by atoms with Crippen molar-refractivity contribution in [1.82, 2.24) is 9.21 Å². The lowest BCUT2D eigenvalue weighted by Gasteiger charge is -2.20. The summed E-state index contributed by atoms with van der Waals surface area (Å²) in [6.07, 6.45) is 1.38. The minimum absolute atomic E-state index is 0.0939. The molecule has 10 heteroatoms. The second kappa shape index (κ2) is 9.16. The molecule has 1 amide bonds. The van der Waals surface area contributed by atoms with Crippen molar-refractivity contribution in [2.75, 3.05) is 45.3 Å². The van der Waals surface area contributed by atoms with Gasteiger partial charge in [-0.15, -0.1) is 0 Å². The molecule has 0 unspecified atom stereocenters. The molecule has 0 aliphatic rings. The number of rotatable bonds is 9. The first kappa shape index (κ1) is 21.4. The number of carbonyl (C=O) groups excluding carboxylic acids is 1. The quantitative estimate of drug-likeness (QED) is 0.661. The van der Waals surface area contributed by atoms with Crippen LogP contribution in [0.2, 0.25) is 0 Å². The molecule has 0 bridgehead atoms. The van der Waals surface area contributed by atoms with Gasteiger partial charge in [-0.3, -0.25) is 4.79 Å². The highest BCUT2D eigenvalue weighted by Gasteiger charge is 2.19. The van der Waals surface area contributed by atoms with Crippen LogP contribution in [0.3, 0.4) is 0 Å². The maximum atomic E-state index is 13.5. The number of hydrogen-bond donors (Lipinski definition) is 1. The van der Waals surface area contributed by atoms with Gasteiger partial charge in [-0.25, -0.2) is 25.9 Å². The van der Waals surface area contributed by atoms with E-state index in [1.165, 1.54) is 0 Å². The Morgan fingerprint density at radius 1 is 1.08 bits per heavy atom. The van der Waals surface area contributed by atoms with E-state index in [0.29, 0.717) is 19.0 Å². The fourth-order valence-corrected chi connectivity index (χ4v) is 2.95. The Morgan fingerprint density at radius 3 is 2.28 bits per heavy atom. The molecule has 0 spiro atoms. The average molecular weight is 381 g/mol. The standard InChI is InChI=1S/C15H22F3N3O3S/c1-20(2)8-4-9-21(25(3,23)24)10-7-13(22)19-12-6-5-11(16)14(17)15(12)18/h5-6H,4,7-10H2,1-3H3,(H,19,22). The number of sulfonamides is 1. The molecule has 142 valence electrons. The fourth-order valence-electron chi connectivity index (χ4n) is 2.07. The zero-order valence-corrected chi connectivity index (χ0v) is 15.2. The summed E-state index contributed by atoms with van der Waals surface area (Å²) in [5.41, 5.74) is -0.498. The third kappa shape index (κ3) is 7.00. The molecule has 1 N–H and O–H groups in total. The molecule has 1 aromatic carbocycles. The summed E-state index contributed by atoms with van der Waals surface area (Å²) in [5.74, 6) is -5.25. The van der Waals surface area contributed by atoms with Crippen molar-refractivity contribution in [2.24, 2.45) is 0 Å². The zero-order valence-electron chi connectivity index (χ0n) is 14.4. The van der Waals surface area contributed by atoms with Gasteiger partial charge in [0.25, 0.3) is 0 Å². The van der Waals surface area contributed by atoms with E-state index in [1.54, 1.807) is 0 Å². The Labute approximate surface area is 145 Å². The number of halogens is 3. The van der Waals surface area contributed by atoms with Crippen LogP contribution in [-0.2, 0) is 14.8 Å². The number of carbonyl (C=O) groups is 1. The Morgan fingerprint density at radius 2 is 1.72 bits per heavy atom. The molecule has 0 radical (unpaired) electrons. The van der Waals surface area contributed by atoms with E-state index in [1.807, 2.05) is 19.0 Å². The van der Waals surface area contributed by atoms with Crippen molar-refractivity contribution in [3.05, 3.63) is 29.6 Å². The SMILES string of the molecule is CN(C)CCCN(CCC(=O)Nc1ccc(F)c(F)c1F)S(C)(=O)=O. The normalized spacial score (nSPS) is 12.0. The van der Waals surface area contributed by atoms with E-state index >= 15 is 0 Å². The van der Waals surface area contributed by atoms with Crippen molar-refractivity contribution < 1.29 is 26.4 Å². The Balaban J connectivity index is 2.64. The fraction of sp³-hybridized carbons (Fsp3) is 0.533. The molecule has 0 saturated carbocycles. The first-order valence-corrected chi connectivity index (χ1v) is 9.40. The minimum atomic E-state index is -3.50. The molecule has 1 aromatic rings. The maximum absolute atomic E-state index is 13.5. The maximum Gasteiger partial charge on any atom is 0.225 e. The van der Waals surface area contributed by atoms with E-state index in [-0.39, 0.29) is 19.5 Å². The first-order valence-electron chi connectivity index (χ1n) is 7.55. The number of amides is 1. The topological polar surface area (TPSA) is 69.7 Å². The lowest BCUT2D eigenvalue weighted by molar-refractivity contribution is -0.116. The van der Waals surface area contributed by atoms with Crippen LogP contribution < -0.4 is 5.32 Å². The van der Waals surface area contributed by atoms with Crippen molar-refractivity contribution in [1.29, 1.82) is 0 Å². The number of benzene rings is 1. The van der Waals surface area contributed by atoms with Crippen LogP contribution in [0.25, 0.3) is 0 Å². The summed E-state index contributed by atoms with van der Waals surface area (Å²) < 4.78 is 64.1. The molecule has 0 aliphatic heterocycles. The molecule has 0 saturated heterocycles. The Hall–Kier alpha value is -1.65. The van der Waals surface area contributed by atoms with E-state index < -0.39 is 39.1 Å². The molecule has 6 nitrogen and oxygen atoms in total. The summed E-state index contributed by atoms with van der Waals surface area (Å²) >= 11 is 0. The molecule has 1 rings (SSSR count). The van der Waals surface area contributed by atoms with Crippen LogP contribution in [-0.4, -0.2) is 63.5 Å². The van der Waals surface area contributed by atoms with Crippen LogP contribution in [0.1, 0.15) is 12.8 Å². The summed E-state index contributed by atoms with van der Waals surface area (Å²) in [4.78, 5) is 13.8. The minimum Gasteiger partial charge on any atom is -0.323 e. The average Bonchev–Trinajstić information content (AvgIpc) is 2.49. The largest absolute Gasteiger partial charge is 0.323 e.